The van der Waals surface area contributed by atoms with Gasteiger partial charge in [-0.1, -0.05) is 30.3 Å². The van der Waals surface area contributed by atoms with Crippen LogP contribution in [0.5, 0.6) is 0 Å². The highest BCUT2D eigenvalue weighted by atomic mass is 19.1. The van der Waals surface area contributed by atoms with Crippen molar-refractivity contribution >= 4 is 23.4 Å². The molecule has 2 fully saturated rings. The smallest absolute Gasteiger partial charge is 0.250 e. The van der Waals surface area contributed by atoms with Crippen LogP contribution in [0.1, 0.15) is 18.1 Å². The molecule has 0 radical (unpaired) electrons. The summed E-state index contributed by atoms with van der Waals surface area (Å²) >= 11 is 0. The van der Waals surface area contributed by atoms with Crippen LogP contribution in [0, 0.1) is 17.7 Å². The van der Waals surface area contributed by atoms with E-state index in [1.165, 1.54) is 30.0 Å². The summed E-state index contributed by atoms with van der Waals surface area (Å²) in [6.07, 6.45) is -0.516. The molecule has 0 aromatic heterocycles. The second-order valence-corrected chi connectivity index (χ2v) is 8.43. The summed E-state index contributed by atoms with van der Waals surface area (Å²) in [5.41, 5.74) is 0.0672. The number of amides is 3. The van der Waals surface area contributed by atoms with Crippen molar-refractivity contribution in [3.05, 3.63) is 65.5 Å². The van der Waals surface area contributed by atoms with Gasteiger partial charge in [-0.2, -0.15) is 0 Å². The van der Waals surface area contributed by atoms with Gasteiger partial charge in [0.1, 0.15) is 11.4 Å². The molecular weight excluding hydrogens is 401 g/mol. The SMILES string of the molecule is CC(O)C1NC2(C(=O)Nc3ccc(F)cc32)[C@@H]2C(=O)N(CCc3ccccc3)C(=O)[C@H]12. The monoisotopic (exact) mass is 423 g/mol. The molecule has 3 N–H and O–H groups in total. The Labute approximate surface area is 178 Å². The average Bonchev–Trinajstić information content (AvgIpc) is 3.33. The summed E-state index contributed by atoms with van der Waals surface area (Å²) < 4.78 is 14.1. The normalized spacial score (nSPS) is 30.0. The summed E-state index contributed by atoms with van der Waals surface area (Å²) in [4.78, 5) is 41.1. The Morgan fingerprint density at radius 3 is 2.58 bits per heavy atom. The first-order valence-electron chi connectivity index (χ1n) is 10.3. The van der Waals surface area contributed by atoms with Crippen molar-refractivity contribution < 1.29 is 23.9 Å². The third-order valence-corrected chi connectivity index (χ3v) is 6.69. The van der Waals surface area contributed by atoms with Gasteiger partial charge in [-0.25, -0.2) is 4.39 Å². The first-order chi connectivity index (χ1) is 14.8. The van der Waals surface area contributed by atoms with Crippen LogP contribution >= 0.6 is 0 Å². The van der Waals surface area contributed by atoms with E-state index in [4.69, 9.17) is 0 Å². The number of fused-ring (bicyclic) bond motifs is 4. The van der Waals surface area contributed by atoms with Crippen molar-refractivity contribution in [3.8, 4) is 0 Å². The summed E-state index contributed by atoms with van der Waals surface area (Å²) in [7, 11) is 0. The zero-order valence-electron chi connectivity index (χ0n) is 16.8. The number of benzene rings is 2. The molecule has 31 heavy (non-hydrogen) atoms. The van der Waals surface area contributed by atoms with Crippen molar-refractivity contribution in [3.63, 3.8) is 0 Å². The van der Waals surface area contributed by atoms with E-state index in [2.05, 4.69) is 10.6 Å². The molecule has 0 aliphatic carbocycles. The molecule has 0 bridgehead atoms. The van der Waals surface area contributed by atoms with Crippen molar-refractivity contribution in [2.75, 3.05) is 11.9 Å². The Morgan fingerprint density at radius 1 is 1.13 bits per heavy atom. The zero-order chi connectivity index (χ0) is 21.9. The first kappa shape index (κ1) is 19.8. The van der Waals surface area contributed by atoms with Crippen LogP contribution in [0.2, 0.25) is 0 Å². The van der Waals surface area contributed by atoms with Crippen LogP contribution in [-0.2, 0) is 26.3 Å². The van der Waals surface area contributed by atoms with Crippen molar-refractivity contribution in [1.29, 1.82) is 0 Å². The molecule has 3 amide bonds. The van der Waals surface area contributed by atoms with Crippen LogP contribution in [0.25, 0.3) is 0 Å². The number of aliphatic hydroxyl groups excluding tert-OH is 1. The highest BCUT2D eigenvalue weighted by Crippen LogP contribution is 2.53. The molecule has 1 spiro atoms. The molecule has 2 aromatic rings. The van der Waals surface area contributed by atoms with E-state index in [1.54, 1.807) is 0 Å². The average molecular weight is 423 g/mol. The number of carbonyl (C=O) groups is 3. The highest BCUT2D eigenvalue weighted by Gasteiger charge is 2.71. The summed E-state index contributed by atoms with van der Waals surface area (Å²) in [6.45, 7) is 1.69. The second-order valence-electron chi connectivity index (χ2n) is 8.43. The fourth-order valence-corrected chi connectivity index (χ4v) is 5.28. The predicted octanol–water partition coefficient (Wildman–Crippen LogP) is 1.17. The number of halogens is 1. The van der Waals surface area contributed by atoms with Gasteiger partial charge < -0.3 is 10.4 Å². The fraction of sp³-hybridized carbons (Fsp3) is 0.348. The molecule has 160 valence electrons. The summed E-state index contributed by atoms with van der Waals surface area (Å²) in [6, 6.07) is 12.5. The molecule has 7 nitrogen and oxygen atoms in total. The fourth-order valence-electron chi connectivity index (χ4n) is 5.28. The first-order valence-corrected chi connectivity index (χ1v) is 10.3. The third kappa shape index (κ3) is 2.75. The lowest BCUT2D eigenvalue weighted by Crippen LogP contribution is -2.55. The Morgan fingerprint density at radius 2 is 1.87 bits per heavy atom. The molecule has 2 saturated heterocycles. The van der Waals surface area contributed by atoms with E-state index in [-0.39, 0.29) is 6.54 Å². The lowest BCUT2D eigenvalue weighted by molar-refractivity contribution is -0.143. The van der Waals surface area contributed by atoms with Crippen LogP contribution in [0.3, 0.4) is 0 Å². The van der Waals surface area contributed by atoms with Gasteiger partial charge in [-0.15, -0.1) is 0 Å². The lowest BCUT2D eigenvalue weighted by atomic mass is 9.76. The zero-order valence-corrected chi connectivity index (χ0v) is 16.8. The summed E-state index contributed by atoms with van der Waals surface area (Å²) in [5, 5.41) is 16.1. The number of likely N-dealkylation sites (tertiary alicyclic amines) is 1. The van der Waals surface area contributed by atoms with Crippen molar-refractivity contribution in [2.45, 2.75) is 31.0 Å². The van der Waals surface area contributed by atoms with Crippen LogP contribution in [0.4, 0.5) is 10.1 Å². The molecule has 3 unspecified atom stereocenters. The number of anilines is 1. The molecule has 5 atom stereocenters. The van der Waals surface area contributed by atoms with E-state index in [0.29, 0.717) is 17.7 Å². The lowest BCUT2D eigenvalue weighted by Gasteiger charge is -2.30. The largest absolute Gasteiger partial charge is 0.392 e. The predicted molar refractivity (Wildman–Crippen MR) is 109 cm³/mol. The molecule has 5 rings (SSSR count). The number of imide groups is 1. The number of carbonyl (C=O) groups excluding carboxylic acids is 3. The van der Waals surface area contributed by atoms with Crippen LogP contribution < -0.4 is 10.6 Å². The van der Waals surface area contributed by atoms with Gasteiger partial charge in [0, 0.05) is 23.8 Å². The van der Waals surface area contributed by atoms with E-state index in [1.807, 2.05) is 30.3 Å². The number of aliphatic hydroxyl groups is 1. The third-order valence-electron chi connectivity index (χ3n) is 6.69. The van der Waals surface area contributed by atoms with E-state index in [9.17, 15) is 23.9 Å². The Balaban J connectivity index is 1.55. The minimum atomic E-state index is -1.60. The van der Waals surface area contributed by atoms with Crippen molar-refractivity contribution in [1.82, 2.24) is 10.2 Å². The maximum absolute atomic E-state index is 14.1. The van der Waals surface area contributed by atoms with Crippen LogP contribution in [-0.4, -0.2) is 46.4 Å². The molecule has 3 aliphatic rings. The summed E-state index contributed by atoms with van der Waals surface area (Å²) in [5.74, 6) is -3.93. The molecule has 8 heteroatoms. The van der Waals surface area contributed by atoms with E-state index in [0.717, 1.165) is 5.56 Å². The molecule has 3 heterocycles. The van der Waals surface area contributed by atoms with Gasteiger partial charge in [-0.3, -0.25) is 24.6 Å². The minimum absolute atomic E-state index is 0.176. The Kier molecular flexibility index (Phi) is 4.46. The van der Waals surface area contributed by atoms with Gasteiger partial charge in [0.2, 0.25) is 17.7 Å². The molecular formula is C23H22FN3O4. The quantitative estimate of drug-likeness (QED) is 0.642. The van der Waals surface area contributed by atoms with Crippen molar-refractivity contribution in [2.24, 2.45) is 11.8 Å². The molecule has 2 aromatic carbocycles. The maximum atomic E-state index is 14.1. The molecule has 3 aliphatic heterocycles. The molecule has 0 saturated carbocycles. The number of rotatable bonds is 4. The number of nitrogens with zero attached hydrogens (tertiary/aromatic N) is 1. The van der Waals surface area contributed by atoms with Gasteiger partial charge in [0.25, 0.3) is 0 Å². The number of nitrogens with one attached hydrogen (secondary N) is 2. The highest BCUT2D eigenvalue weighted by molar-refractivity contribution is 6.15. The van der Waals surface area contributed by atoms with Crippen LogP contribution in [0.15, 0.2) is 48.5 Å². The number of hydrogen-bond acceptors (Lipinski definition) is 5. The van der Waals surface area contributed by atoms with Gasteiger partial charge in [-0.05, 0) is 37.1 Å². The number of hydrogen-bond donors (Lipinski definition) is 3. The van der Waals surface area contributed by atoms with E-state index < -0.39 is 53.1 Å². The van der Waals surface area contributed by atoms with Gasteiger partial charge >= 0.3 is 0 Å². The second kappa shape index (κ2) is 6.96. The Hall–Kier alpha value is -3.10. The van der Waals surface area contributed by atoms with Gasteiger partial charge in [0.05, 0.1) is 17.9 Å². The Bertz CT molecular complexity index is 1090. The van der Waals surface area contributed by atoms with Gasteiger partial charge in [0.15, 0.2) is 0 Å². The maximum Gasteiger partial charge on any atom is 0.250 e. The standard InChI is InChI=1S/C23H22FN3O4/c1-12(28)19-17-18(21(30)27(20(17)29)10-9-13-5-3-2-4-6-13)23(26-19)15-11-14(24)7-8-16(15)25-22(23)31/h2-8,11-12,17-19,26,28H,9-10H2,1H3,(H,25,31)/t12?,17-,18-,19?,23?/m0/s1. The minimum Gasteiger partial charge on any atom is -0.392 e. The van der Waals surface area contributed by atoms with E-state index >= 15 is 0 Å². The topological polar surface area (TPSA) is 98.7 Å².